The molecule has 3 aromatic carbocycles. The number of likely N-dealkylation sites (tertiary alicyclic amines) is 1. The maximum atomic E-state index is 2.87. The Labute approximate surface area is 296 Å². The van der Waals surface area contributed by atoms with E-state index in [1.54, 1.807) is 0 Å². The number of hydrogen-bond donors (Lipinski definition) is 0. The largest absolute Gasteiger partial charge is 0.333 e. The van der Waals surface area contributed by atoms with Gasteiger partial charge >= 0.3 is 0 Å². The monoisotopic (exact) mass is 648 g/mol. The summed E-state index contributed by atoms with van der Waals surface area (Å²) in [5.74, 6) is 1.77. The Hall–Kier alpha value is -4.92. The summed E-state index contributed by atoms with van der Waals surface area (Å²) in [5.41, 5.74) is 9.37. The second-order valence-corrected chi connectivity index (χ2v) is 15.0. The first-order valence-electron chi connectivity index (χ1n) is 18.8. The van der Waals surface area contributed by atoms with Crippen LogP contribution in [0.4, 0.5) is 0 Å². The summed E-state index contributed by atoms with van der Waals surface area (Å²) in [6.07, 6.45) is 41.9. The molecule has 0 amide bonds. The molecule has 7 unspecified atom stereocenters. The number of fused-ring (bicyclic) bond motifs is 6. The number of allylic oxidation sites excluding steroid dienone is 13. The molecule has 0 radical (unpaired) electrons. The van der Waals surface area contributed by atoms with E-state index in [1.807, 2.05) is 0 Å². The minimum atomic E-state index is 0.269. The maximum absolute atomic E-state index is 2.87. The smallest absolute Gasteiger partial charge is 0.0566 e. The lowest BCUT2D eigenvalue weighted by molar-refractivity contribution is 0.185. The SMILES string of the molecule is C1=CCC(C2=CCC(N3C4C=C(c5ccc6c(c5)c5ccccc5n6C5C=C(c6ccccc6)C=CC5)C=CC4C4CCC=CC43)C=C2)C=C1. The summed E-state index contributed by atoms with van der Waals surface area (Å²) in [6, 6.07) is 28.6. The second-order valence-electron chi connectivity index (χ2n) is 15.0. The van der Waals surface area contributed by atoms with Gasteiger partial charge in [0.15, 0.2) is 0 Å². The molecule has 0 bridgehead atoms. The van der Waals surface area contributed by atoms with Crippen molar-refractivity contribution >= 4 is 33.0 Å². The van der Waals surface area contributed by atoms with Gasteiger partial charge in [-0.1, -0.05) is 146 Å². The Morgan fingerprint density at radius 1 is 0.580 bits per heavy atom. The molecular weight excluding hydrogens is 605 g/mol. The van der Waals surface area contributed by atoms with Crippen LogP contribution in [0.2, 0.25) is 0 Å². The summed E-state index contributed by atoms with van der Waals surface area (Å²) in [4.78, 5) is 2.87. The molecule has 246 valence electrons. The first-order chi connectivity index (χ1) is 24.8. The molecular formula is C48H44N2. The van der Waals surface area contributed by atoms with Crippen molar-refractivity contribution in [2.24, 2.45) is 17.8 Å². The zero-order valence-corrected chi connectivity index (χ0v) is 28.6. The number of rotatable bonds is 5. The number of benzene rings is 3. The molecule has 1 aliphatic heterocycles. The third kappa shape index (κ3) is 5.04. The van der Waals surface area contributed by atoms with Gasteiger partial charge in [-0.2, -0.15) is 0 Å². The fourth-order valence-corrected chi connectivity index (χ4v) is 9.93. The van der Waals surface area contributed by atoms with Gasteiger partial charge in [0.05, 0.1) is 6.04 Å². The predicted octanol–water partition coefficient (Wildman–Crippen LogP) is 11.4. The van der Waals surface area contributed by atoms with Gasteiger partial charge in [-0.05, 0) is 84.1 Å². The van der Waals surface area contributed by atoms with Crippen molar-refractivity contribution in [3.8, 4) is 0 Å². The van der Waals surface area contributed by atoms with Crippen LogP contribution in [0.3, 0.4) is 0 Å². The van der Waals surface area contributed by atoms with Gasteiger partial charge in [-0.3, -0.25) is 4.90 Å². The van der Waals surface area contributed by atoms with Crippen molar-refractivity contribution < 1.29 is 0 Å². The zero-order chi connectivity index (χ0) is 33.0. The van der Waals surface area contributed by atoms with Crippen LogP contribution in [0.5, 0.6) is 0 Å². The average Bonchev–Trinajstić information content (AvgIpc) is 3.71. The van der Waals surface area contributed by atoms with Crippen LogP contribution < -0.4 is 0 Å². The molecule has 10 rings (SSSR count). The molecule has 2 heterocycles. The maximum Gasteiger partial charge on any atom is 0.0566 e. The fraction of sp³-hybridized carbons (Fsp3) is 0.250. The summed E-state index contributed by atoms with van der Waals surface area (Å²) in [5, 5.41) is 2.68. The van der Waals surface area contributed by atoms with Gasteiger partial charge in [0.25, 0.3) is 0 Å². The highest BCUT2D eigenvalue weighted by Crippen LogP contribution is 2.48. The number of aromatic nitrogens is 1. The molecule has 2 nitrogen and oxygen atoms in total. The topological polar surface area (TPSA) is 8.17 Å². The fourth-order valence-electron chi connectivity index (χ4n) is 9.93. The minimum Gasteiger partial charge on any atom is -0.333 e. The average molecular weight is 649 g/mol. The Bertz CT molecular complexity index is 2240. The molecule has 4 aromatic rings. The summed E-state index contributed by atoms with van der Waals surface area (Å²) in [7, 11) is 0. The molecule has 7 atom stereocenters. The molecule has 1 saturated heterocycles. The van der Waals surface area contributed by atoms with Crippen molar-refractivity contribution in [1.29, 1.82) is 0 Å². The van der Waals surface area contributed by atoms with E-state index in [-0.39, 0.29) is 6.04 Å². The highest BCUT2D eigenvalue weighted by molar-refractivity contribution is 6.09. The first kappa shape index (κ1) is 29.9. The van der Waals surface area contributed by atoms with Crippen molar-refractivity contribution in [3.05, 3.63) is 181 Å². The molecule has 50 heavy (non-hydrogen) atoms. The molecule has 1 aromatic heterocycles. The predicted molar refractivity (Wildman–Crippen MR) is 211 cm³/mol. The zero-order valence-electron chi connectivity index (χ0n) is 28.6. The highest BCUT2D eigenvalue weighted by atomic mass is 15.2. The standard InChI is InChI=1S/C48H44N2/c1-3-12-33(13-4-1)35-22-26-39(27-23-35)49-45-20-9-7-18-41(45)43-28-24-38(32-48(43)49)37-25-29-47-44(31-37)42-19-8-10-21-46(42)50(47)40-17-11-16-36(30-40)34-14-5-2-6-15-34/h1-6,8-12,14-16,19-26,28-33,39-41,43,45,48H,7,13,17-18,27H2. The Balaban J connectivity index is 1.00. The molecule has 0 N–H and O–H groups in total. The number of nitrogens with zero attached hydrogens (tertiary/aromatic N) is 2. The van der Waals surface area contributed by atoms with Crippen LogP contribution in [-0.2, 0) is 0 Å². The molecule has 1 fully saturated rings. The van der Waals surface area contributed by atoms with E-state index < -0.39 is 0 Å². The van der Waals surface area contributed by atoms with Crippen LogP contribution in [0.1, 0.15) is 49.3 Å². The van der Waals surface area contributed by atoms with E-state index in [1.165, 1.54) is 62.5 Å². The van der Waals surface area contributed by atoms with E-state index >= 15 is 0 Å². The van der Waals surface area contributed by atoms with Gasteiger partial charge in [0, 0.05) is 51.8 Å². The third-order valence-electron chi connectivity index (χ3n) is 12.3. The van der Waals surface area contributed by atoms with Crippen LogP contribution in [0.25, 0.3) is 33.0 Å². The van der Waals surface area contributed by atoms with Crippen LogP contribution in [0.15, 0.2) is 170 Å². The van der Waals surface area contributed by atoms with E-state index in [4.69, 9.17) is 0 Å². The van der Waals surface area contributed by atoms with E-state index in [0.29, 0.717) is 35.9 Å². The normalized spacial score (nSPS) is 30.0. The highest BCUT2D eigenvalue weighted by Gasteiger charge is 2.49. The Morgan fingerprint density at radius 2 is 1.46 bits per heavy atom. The second kappa shape index (κ2) is 12.4. The number of hydrogen-bond acceptors (Lipinski definition) is 1. The quantitative estimate of drug-likeness (QED) is 0.196. The first-order valence-corrected chi connectivity index (χ1v) is 18.8. The van der Waals surface area contributed by atoms with E-state index in [9.17, 15) is 0 Å². The number of para-hydroxylation sites is 1. The van der Waals surface area contributed by atoms with E-state index in [0.717, 1.165) is 19.3 Å². The molecule has 0 spiro atoms. The molecule has 6 aliphatic rings. The lowest BCUT2D eigenvalue weighted by atomic mass is 9.78. The van der Waals surface area contributed by atoms with Gasteiger partial charge in [0.1, 0.15) is 0 Å². The third-order valence-corrected chi connectivity index (χ3v) is 12.3. The summed E-state index contributed by atoms with van der Waals surface area (Å²) < 4.78 is 2.58. The summed E-state index contributed by atoms with van der Waals surface area (Å²) >= 11 is 0. The van der Waals surface area contributed by atoms with Crippen molar-refractivity contribution in [1.82, 2.24) is 9.47 Å². The van der Waals surface area contributed by atoms with Gasteiger partial charge in [-0.15, -0.1) is 0 Å². The van der Waals surface area contributed by atoms with Crippen molar-refractivity contribution in [2.75, 3.05) is 0 Å². The van der Waals surface area contributed by atoms with Crippen LogP contribution in [0, 0.1) is 17.8 Å². The van der Waals surface area contributed by atoms with Crippen molar-refractivity contribution in [2.45, 2.75) is 56.3 Å². The van der Waals surface area contributed by atoms with E-state index in [2.05, 4.69) is 173 Å². The Morgan fingerprint density at radius 3 is 2.34 bits per heavy atom. The summed E-state index contributed by atoms with van der Waals surface area (Å²) in [6.45, 7) is 0. The Kier molecular flexibility index (Phi) is 7.45. The van der Waals surface area contributed by atoms with Crippen LogP contribution in [-0.4, -0.2) is 27.6 Å². The van der Waals surface area contributed by atoms with Gasteiger partial charge in [0.2, 0.25) is 0 Å². The molecule has 0 saturated carbocycles. The molecule has 5 aliphatic carbocycles. The lowest BCUT2D eigenvalue weighted by Crippen LogP contribution is -2.44. The van der Waals surface area contributed by atoms with Crippen molar-refractivity contribution in [3.63, 3.8) is 0 Å². The minimum absolute atomic E-state index is 0.269. The van der Waals surface area contributed by atoms with Gasteiger partial charge < -0.3 is 4.57 Å². The van der Waals surface area contributed by atoms with Gasteiger partial charge in [-0.25, -0.2) is 0 Å². The molecule has 2 heteroatoms. The lowest BCUT2D eigenvalue weighted by Gasteiger charge is -2.37. The van der Waals surface area contributed by atoms with Crippen LogP contribution >= 0.6 is 0 Å².